The molecule has 1 fully saturated rings. The zero-order chi connectivity index (χ0) is 13.8. The molecule has 104 valence electrons. The third-order valence-electron chi connectivity index (χ3n) is 3.49. The topological polar surface area (TPSA) is 50.2 Å². The van der Waals surface area contributed by atoms with E-state index in [1.54, 1.807) is 6.20 Å². The van der Waals surface area contributed by atoms with Crippen LogP contribution in [0.25, 0.3) is 5.69 Å². The van der Waals surface area contributed by atoms with E-state index in [9.17, 15) is 4.79 Å². The molecule has 1 aromatic heterocycles. The lowest BCUT2D eigenvalue weighted by Gasteiger charge is -2.15. The normalized spacial score (nSPS) is 14.5. The van der Waals surface area contributed by atoms with Crippen LogP contribution >= 0.6 is 0 Å². The van der Waals surface area contributed by atoms with Crippen LogP contribution in [0.3, 0.4) is 0 Å². The van der Waals surface area contributed by atoms with Crippen molar-refractivity contribution in [3.8, 4) is 5.69 Å². The maximum atomic E-state index is 11.9. The van der Waals surface area contributed by atoms with Crippen LogP contribution in [0.4, 0.5) is 4.79 Å². The van der Waals surface area contributed by atoms with E-state index in [1.165, 1.54) is 0 Å². The number of urea groups is 1. The zero-order valence-electron chi connectivity index (χ0n) is 11.3. The average Bonchev–Trinajstić information content (AvgIpc) is 3.17. The SMILES string of the molecule is O=C(NCc1cnn(-c2ccccc2)c1)N1CCCC1. The first-order chi connectivity index (χ1) is 9.83. The third-order valence-corrected chi connectivity index (χ3v) is 3.49. The number of rotatable bonds is 3. The molecule has 2 aromatic rings. The first-order valence-corrected chi connectivity index (χ1v) is 6.95. The van der Waals surface area contributed by atoms with Crippen molar-refractivity contribution in [1.82, 2.24) is 20.0 Å². The van der Waals surface area contributed by atoms with E-state index in [-0.39, 0.29) is 6.03 Å². The highest BCUT2D eigenvalue weighted by Gasteiger charge is 2.17. The molecule has 0 bridgehead atoms. The van der Waals surface area contributed by atoms with Gasteiger partial charge in [-0.05, 0) is 25.0 Å². The summed E-state index contributed by atoms with van der Waals surface area (Å²) in [4.78, 5) is 13.7. The Balaban J connectivity index is 1.59. The Morgan fingerprint density at radius 2 is 1.95 bits per heavy atom. The quantitative estimate of drug-likeness (QED) is 0.929. The van der Waals surface area contributed by atoms with Crippen molar-refractivity contribution >= 4 is 6.03 Å². The summed E-state index contributed by atoms with van der Waals surface area (Å²) in [5, 5.41) is 7.25. The zero-order valence-corrected chi connectivity index (χ0v) is 11.3. The molecule has 0 unspecified atom stereocenters. The molecule has 0 spiro atoms. The number of likely N-dealkylation sites (tertiary alicyclic amines) is 1. The highest BCUT2D eigenvalue weighted by Crippen LogP contribution is 2.09. The van der Waals surface area contributed by atoms with Crippen molar-refractivity contribution in [2.75, 3.05) is 13.1 Å². The molecule has 1 saturated heterocycles. The number of nitrogens with zero attached hydrogens (tertiary/aromatic N) is 3. The van der Waals surface area contributed by atoms with Gasteiger partial charge in [0, 0.05) is 31.4 Å². The molecule has 20 heavy (non-hydrogen) atoms. The van der Waals surface area contributed by atoms with Gasteiger partial charge in [0.05, 0.1) is 11.9 Å². The molecule has 3 rings (SSSR count). The van der Waals surface area contributed by atoms with Gasteiger partial charge in [-0.3, -0.25) is 0 Å². The Morgan fingerprint density at radius 1 is 1.20 bits per heavy atom. The lowest BCUT2D eigenvalue weighted by molar-refractivity contribution is 0.208. The van der Waals surface area contributed by atoms with Gasteiger partial charge in [0.2, 0.25) is 0 Å². The Hall–Kier alpha value is -2.30. The van der Waals surface area contributed by atoms with Gasteiger partial charge in [-0.15, -0.1) is 0 Å². The van der Waals surface area contributed by atoms with Crippen LogP contribution in [0, 0.1) is 0 Å². The molecule has 1 N–H and O–H groups in total. The van der Waals surface area contributed by atoms with Crippen molar-refractivity contribution in [2.24, 2.45) is 0 Å². The molecule has 5 nitrogen and oxygen atoms in total. The van der Waals surface area contributed by atoms with Gasteiger partial charge in [0.1, 0.15) is 0 Å². The number of carbonyl (C=O) groups is 1. The fourth-order valence-corrected chi connectivity index (χ4v) is 2.38. The van der Waals surface area contributed by atoms with E-state index < -0.39 is 0 Å². The molecule has 1 aliphatic rings. The highest BCUT2D eigenvalue weighted by molar-refractivity contribution is 5.74. The maximum Gasteiger partial charge on any atom is 0.317 e. The second-order valence-corrected chi connectivity index (χ2v) is 4.98. The molecule has 2 heterocycles. The van der Waals surface area contributed by atoms with Crippen molar-refractivity contribution in [3.05, 3.63) is 48.3 Å². The molecule has 1 aromatic carbocycles. The summed E-state index contributed by atoms with van der Waals surface area (Å²) in [6, 6.07) is 9.95. The molecular formula is C15H18N4O. The Bertz CT molecular complexity index is 573. The minimum atomic E-state index is 0.0231. The van der Waals surface area contributed by atoms with Crippen LogP contribution < -0.4 is 5.32 Å². The molecule has 1 aliphatic heterocycles. The van der Waals surface area contributed by atoms with E-state index in [0.717, 1.165) is 37.2 Å². The standard InChI is InChI=1S/C15H18N4O/c20-15(18-8-4-5-9-18)16-10-13-11-17-19(12-13)14-6-2-1-3-7-14/h1-3,6-7,11-12H,4-5,8-10H2,(H,16,20). The smallest absolute Gasteiger partial charge is 0.317 e. The predicted octanol–water partition coefficient (Wildman–Crippen LogP) is 2.18. The summed E-state index contributed by atoms with van der Waals surface area (Å²) in [6.45, 7) is 2.26. The number of nitrogens with one attached hydrogen (secondary N) is 1. The van der Waals surface area contributed by atoms with Crippen LogP contribution in [0.5, 0.6) is 0 Å². The second-order valence-electron chi connectivity index (χ2n) is 4.98. The summed E-state index contributed by atoms with van der Waals surface area (Å²) in [6.07, 6.45) is 5.95. The first-order valence-electron chi connectivity index (χ1n) is 6.95. The average molecular weight is 270 g/mol. The van der Waals surface area contributed by atoms with Crippen LogP contribution in [-0.4, -0.2) is 33.8 Å². The monoisotopic (exact) mass is 270 g/mol. The van der Waals surface area contributed by atoms with Crippen LogP contribution in [0.1, 0.15) is 18.4 Å². The Labute approximate surface area is 118 Å². The number of aromatic nitrogens is 2. The summed E-state index contributed by atoms with van der Waals surface area (Å²) in [5.74, 6) is 0. The first kappa shape index (κ1) is 12.7. The number of para-hydroxylation sites is 1. The van der Waals surface area contributed by atoms with Crippen LogP contribution in [0.2, 0.25) is 0 Å². The Morgan fingerprint density at radius 3 is 2.70 bits per heavy atom. The summed E-state index contributed by atoms with van der Waals surface area (Å²) in [5.41, 5.74) is 2.02. The Kier molecular flexibility index (Phi) is 3.67. The van der Waals surface area contributed by atoms with Crippen molar-refractivity contribution in [3.63, 3.8) is 0 Å². The molecule has 5 heteroatoms. The number of hydrogen-bond donors (Lipinski definition) is 1. The summed E-state index contributed by atoms with van der Waals surface area (Å²) in [7, 11) is 0. The minimum Gasteiger partial charge on any atom is -0.334 e. The fourth-order valence-electron chi connectivity index (χ4n) is 2.38. The number of carbonyl (C=O) groups excluding carboxylic acids is 1. The lowest BCUT2D eigenvalue weighted by Crippen LogP contribution is -2.37. The van der Waals surface area contributed by atoms with Crippen LogP contribution in [0.15, 0.2) is 42.7 Å². The van der Waals surface area contributed by atoms with E-state index in [0.29, 0.717) is 6.54 Å². The molecule has 0 aliphatic carbocycles. The van der Waals surface area contributed by atoms with E-state index in [1.807, 2.05) is 46.1 Å². The largest absolute Gasteiger partial charge is 0.334 e. The van der Waals surface area contributed by atoms with Crippen molar-refractivity contribution in [1.29, 1.82) is 0 Å². The number of hydrogen-bond acceptors (Lipinski definition) is 2. The maximum absolute atomic E-state index is 11.9. The molecular weight excluding hydrogens is 252 g/mol. The van der Waals surface area contributed by atoms with Gasteiger partial charge in [-0.1, -0.05) is 18.2 Å². The summed E-state index contributed by atoms with van der Waals surface area (Å²) >= 11 is 0. The van der Waals surface area contributed by atoms with E-state index in [2.05, 4.69) is 10.4 Å². The highest BCUT2D eigenvalue weighted by atomic mass is 16.2. The number of benzene rings is 1. The molecule has 2 amide bonds. The van der Waals surface area contributed by atoms with E-state index in [4.69, 9.17) is 0 Å². The van der Waals surface area contributed by atoms with Gasteiger partial charge >= 0.3 is 6.03 Å². The van der Waals surface area contributed by atoms with Gasteiger partial charge in [0.15, 0.2) is 0 Å². The van der Waals surface area contributed by atoms with Crippen molar-refractivity contribution < 1.29 is 4.79 Å². The van der Waals surface area contributed by atoms with Gasteiger partial charge in [-0.25, -0.2) is 9.48 Å². The van der Waals surface area contributed by atoms with Gasteiger partial charge in [-0.2, -0.15) is 5.10 Å². The predicted molar refractivity (Wildman–Crippen MR) is 76.6 cm³/mol. The van der Waals surface area contributed by atoms with Crippen molar-refractivity contribution in [2.45, 2.75) is 19.4 Å². The van der Waals surface area contributed by atoms with E-state index >= 15 is 0 Å². The number of amides is 2. The molecule has 0 atom stereocenters. The van der Waals surface area contributed by atoms with Gasteiger partial charge in [0.25, 0.3) is 0 Å². The minimum absolute atomic E-state index is 0.0231. The summed E-state index contributed by atoms with van der Waals surface area (Å²) < 4.78 is 1.82. The van der Waals surface area contributed by atoms with Crippen LogP contribution in [-0.2, 0) is 6.54 Å². The lowest BCUT2D eigenvalue weighted by atomic mass is 10.3. The second kappa shape index (κ2) is 5.77. The molecule has 0 radical (unpaired) electrons. The van der Waals surface area contributed by atoms with Gasteiger partial charge < -0.3 is 10.2 Å². The third kappa shape index (κ3) is 2.82. The fraction of sp³-hybridized carbons (Fsp3) is 0.333. The molecule has 0 saturated carbocycles.